The number of hydrogen-bond donors (Lipinski definition) is 1. The molecule has 1 aromatic heterocycles. The van der Waals surface area contributed by atoms with Gasteiger partial charge in [-0.1, -0.05) is 6.07 Å². The molecule has 1 unspecified atom stereocenters. The van der Waals surface area contributed by atoms with Crippen molar-refractivity contribution in [2.45, 2.75) is 43.3 Å². The van der Waals surface area contributed by atoms with E-state index in [9.17, 15) is 26.4 Å². The van der Waals surface area contributed by atoms with Crippen LogP contribution in [0.3, 0.4) is 0 Å². The highest BCUT2D eigenvalue weighted by atomic mass is 32.2. The van der Waals surface area contributed by atoms with Crippen molar-refractivity contribution in [2.75, 3.05) is 13.1 Å². The first-order chi connectivity index (χ1) is 13.6. The van der Waals surface area contributed by atoms with Gasteiger partial charge in [0, 0.05) is 24.9 Å². The molecule has 11 heteroatoms. The maximum Gasteiger partial charge on any atom is 0.416 e. The van der Waals surface area contributed by atoms with Gasteiger partial charge in [-0.05, 0) is 38.0 Å². The van der Waals surface area contributed by atoms with Crippen molar-refractivity contribution < 1.29 is 26.4 Å². The van der Waals surface area contributed by atoms with Gasteiger partial charge in [-0.3, -0.25) is 4.79 Å². The van der Waals surface area contributed by atoms with E-state index in [0.29, 0.717) is 31.9 Å². The SMILES string of the molecule is Cc1nc(CCNC(=O)C2CCCN2S(=O)(=O)c2cccc(C(F)(F)F)c2)cs1. The maximum absolute atomic E-state index is 12.9. The first-order valence-electron chi connectivity index (χ1n) is 8.97. The number of hydrogen-bond acceptors (Lipinski definition) is 5. The molecule has 2 aromatic rings. The molecule has 6 nitrogen and oxygen atoms in total. The molecule has 1 fully saturated rings. The van der Waals surface area contributed by atoms with E-state index in [1.165, 1.54) is 11.3 Å². The molecule has 29 heavy (non-hydrogen) atoms. The van der Waals surface area contributed by atoms with Gasteiger partial charge < -0.3 is 5.32 Å². The molecule has 0 aliphatic carbocycles. The number of rotatable bonds is 6. The molecule has 0 spiro atoms. The molecule has 1 aliphatic rings. The van der Waals surface area contributed by atoms with E-state index in [2.05, 4.69) is 10.3 Å². The number of amides is 1. The minimum Gasteiger partial charge on any atom is -0.354 e. The Kier molecular flexibility index (Phi) is 6.30. The van der Waals surface area contributed by atoms with Crippen LogP contribution < -0.4 is 5.32 Å². The normalized spacial score (nSPS) is 18.1. The van der Waals surface area contributed by atoms with Crippen LogP contribution in [0.2, 0.25) is 0 Å². The van der Waals surface area contributed by atoms with Crippen LogP contribution >= 0.6 is 11.3 Å². The first kappa shape index (κ1) is 21.7. The van der Waals surface area contributed by atoms with Crippen LogP contribution in [0.4, 0.5) is 13.2 Å². The van der Waals surface area contributed by atoms with Crippen molar-refractivity contribution in [3.63, 3.8) is 0 Å². The van der Waals surface area contributed by atoms with Crippen molar-refractivity contribution in [2.24, 2.45) is 0 Å². The summed E-state index contributed by atoms with van der Waals surface area (Å²) in [6.45, 7) is 2.26. The molecule has 1 aliphatic heterocycles. The van der Waals surface area contributed by atoms with Crippen molar-refractivity contribution in [3.05, 3.63) is 45.9 Å². The fourth-order valence-electron chi connectivity index (χ4n) is 3.21. The van der Waals surface area contributed by atoms with E-state index >= 15 is 0 Å². The van der Waals surface area contributed by atoms with Crippen LogP contribution in [0.5, 0.6) is 0 Å². The van der Waals surface area contributed by atoms with E-state index in [1.807, 2.05) is 12.3 Å². The van der Waals surface area contributed by atoms with Gasteiger partial charge in [0.1, 0.15) is 6.04 Å². The van der Waals surface area contributed by atoms with E-state index in [0.717, 1.165) is 33.2 Å². The van der Waals surface area contributed by atoms with Gasteiger partial charge in [0.05, 0.1) is 21.2 Å². The van der Waals surface area contributed by atoms with E-state index in [1.54, 1.807) is 0 Å². The molecule has 1 aromatic carbocycles. The number of aromatic nitrogens is 1. The predicted molar refractivity (Wildman–Crippen MR) is 102 cm³/mol. The summed E-state index contributed by atoms with van der Waals surface area (Å²) in [6.07, 6.45) is -3.36. The summed E-state index contributed by atoms with van der Waals surface area (Å²) in [5.41, 5.74) is -0.204. The Morgan fingerprint density at radius 1 is 1.38 bits per heavy atom. The smallest absolute Gasteiger partial charge is 0.354 e. The van der Waals surface area contributed by atoms with Crippen molar-refractivity contribution in [1.29, 1.82) is 0 Å². The van der Waals surface area contributed by atoms with Crippen molar-refractivity contribution in [1.82, 2.24) is 14.6 Å². The Morgan fingerprint density at radius 2 is 2.14 bits per heavy atom. The zero-order valence-corrected chi connectivity index (χ0v) is 17.2. The fourth-order valence-corrected chi connectivity index (χ4v) is 5.56. The Labute approximate surface area is 170 Å². The van der Waals surface area contributed by atoms with Crippen LogP contribution in [-0.4, -0.2) is 42.7 Å². The number of halogens is 3. The second-order valence-corrected chi connectivity index (χ2v) is 9.65. The van der Waals surface area contributed by atoms with Gasteiger partial charge in [0.25, 0.3) is 0 Å². The second kappa shape index (κ2) is 8.41. The number of carbonyl (C=O) groups excluding carboxylic acids is 1. The number of thiazole rings is 1. The first-order valence-corrected chi connectivity index (χ1v) is 11.3. The van der Waals surface area contributed by atoms with Crippen LogP contribution in [0.25, 0.3) is 0 Å². The van der Waals surface area contributed by atoms with Crippen molar-refractivity contribution >= 4 is 27.3 Å². The number of alkyl halides is 3. The summed E-state index contributed by atoms with van der Waals surface area (Å²) in [5, 5.41) is 5.52. The Morgan fingerprint density at radius 3 is 2.79 bits per heavy atom. The molecule has 0 bridgehead atoms. The van der Waals surface area contributed by atoms with Gasteiger partial charge in [0.2, 0.25) is 15.9 Å². The summed E-state index contributed by atoms with van der Waals surface area (Å²) in [7, 11) is -4.23. The molecule has 1 atom stereocenters. The summed E-state index contributed by atoms with van der Waals surface area (Å²) < 4.78 is 65.6. The minimum absolute atomic E-state index is 0.0853. The number of nitrogens with one attached hydrogen (secondary N) is 1. The Bertz CT molecular complexity index is 989. The van der Waals surface area contributed by atoms with Gasteiger partial charge in [-0.15, -0.1) is 11.3 Å². The van der Waals surface area contributed by atoms with Crippen LogP contribution in [0.15, 0.2) is 34.5 Å². The lowest BCUT2D eigenvalue weighted by atomic mass is 10.2. The van der Waals surface area contributed by atoms with Gasteiger partial charge >= 0.3 is 6.18 Å². The lowest BCUT2D eigenvalue weighted by Gasteiger charge is -2.23. The van der Waals surface area contributed by atoms with Crippen molar-refractivity contribution in [3.8, 4) is 0 Å². The molecule has 0 saturated carbocycles. The lowest BCUT2D eigenvalue weighted by Crippen LogP contribution is -2.46. The quantitative estimate of drug-likeness (QED) is 0.739. The van der Waals surface area contributed by atoms with Crippen LogP contribution in [0.1, 0.15) is 29.1 Å². The van der Waals surface area contributed by atoms with E-state index < -0.39 is 38.6 Å². The number of sulfonamides is 1. The maximum atomic E-state index is 12.9. The van der Waals surface area contributed by atoms with Gasteiger partial charge in [-0.2, -0.15) is 17.5 Å². The predicted octanol–water partition coefficient (Wildman–Crippen LogP) is 2.98. The molecule has 1 saturated heterocycles. The zero-order valence-electron chi connectivity index (χ0n) is 15.6. The number of benzene rings is 1. The molecular weight excluding hydrogens is 427 g/mol. The fraction of sp³-hybridized carbons (Fsp3) is 0.444. The lowest BCUT2D eigenvalue weighted by molar-refractivity contribution is -0.137. The zero-order chi connectivity index (χ0) is 21.2. The van der Waals surface area contributed by atoms with Gasteiger partial charge in [0.15, 0.2) is 0 Å². The average molecular weight is 448 g/mol. The highest BCUT2D eigenvalue weighted by Crippen LogP contribution is 2.32. The number of carbonyl (C=O) groups is 1. The minimum atomic E-state index is -4.65. The topological polar surface area (TPSA) is 79.4 Å². The average Bonchev–Trinajstić information content (AvgIpc) is 3.30. The third kappa shape index (κ3) is 4.96. The number of nitrogens with zero attached hydrogens (tertiary/aromatic N) is 2. The van der Waals surface area contributed by atoms with E-state index in [4.69, 9.17) is 0 Å². The Hall–Kier alpha value is -1.98. The van der Waals surface area contributed by atoms with Crippen LogP contribution in [0, 0.1) is 6.92 Å². The summed E-state index contributed by atoms with van der Waals surface area (Å²) in [6, 6.07) is 2.64. The summed E-state index contributed by atoms with van der Waals surface area (Å²) in [5.74, 6) is -0.454. The Balaban J connectivity index is 1.71. The summed E-state index contributed by atoms with van der Waals surface area (Å²) in [4.78, 5) is 16.4. The molecule has 1 N–H and O–H groups in total. The second-order valence-electron chi connectivity index (χ2n) is 6.70. The van der Waals surface area contributed by atoms with E-state index in [-0.39, 0.29) is 6.54 Å². The highest BCUT2D eigenvalue weighted by Gasteiger charge is 2.40. The molecular formula is C18H20F3N3O3S2. The molecule has 2 heterocycles. The standard InChI is InChI=1S/C18H20F3N3O3S2/c1-12-23-14(11-28-12)7-8-22-17(25)16-6-3-9-24(16)29(26,27)15-5-2-4-13(10-15)18(19,20)21/h2,4-5,10-11,16H,3,6-9H2,1H3,(H,22,25). The molecule has 158 valence electrons. The van der Waals surface area contributed by atoms with Crippen LogP contribution in [-0.2, 0) is 27.4 Å². The monoisotopic (exact) mass is 447 g/mol. The third-order valence-electron chi connectivity index (χ3n) is 4.62. The number of aryl methyl sites for hydroxylation is 1. The highest BCUT2D eigenvalue weighted by molar-refractivity contribution is 7.89. The third-order valence-corrected chi connectivity index (χ3v) is 7.35. The largest absolute Gasteiger partial charge is 0.416 e. The molecule has 0 radical (unpaired) electrons. The van der Waals surface area contributed by atoms with Gasteiger partial charge in [-0.25, -0.2) is 13.4 Å². The molecule has 1 amide bonds. The summed E-state index contributed by atoms with van der Waals surface area (Å²) >= 11 is 1.50. The molecule has 3 rings (SSSR count).